The van der Waals surface area contributed by atoms with Crippen molar-refractivity contribution in [1.82, 2.24) is 20.0 Å². The number of nitrogens with one attached hydrogen (secondary N) is 1. The minimum Gasteiger partial charge on any atom is -0.493 e. The van der Waals surface area contributed by atoms with Crippen LogP contribution in [-0.2, 0) is 0 Å². The smallest absolute Gasteiger partial charge is 0.254 e. The van der Waals surface area contributed by atoms with Crippen LogP contribution in [0.2, 0.25) is 0 Å². The molecule has 0 aromatic heterocycles. The molecule has 2 saturated carbocycles. The molecule has 7 nitrogen and oxygen atoms in total. The highest BCUT2D eigenvalue weighted by Crippen LogP contribution is 2.31. The van der Waals surface area contributed by atoms with Gasteiger partial charge < -0.3 is 19.7 Å². The van der Waals surface area contributed by atoms with E-state index in [2.05, 4.69) is 83.6 Å². The molecule has 2 atom stereocenters. The first-order chi connectivity index (χ1) is 29.4. The van der Waals surface area contributed by atoms with Crippen LogP contribution in [0.4, 0.5) is 0 Å². The van der Waals surface area contributed by atoms with Crippen LogP contribution < -0.4 is 14.8 Å². The molecule has 2 saturated heterocycles. The summed E-state index contributed by atoms with van der Waals surface area (Å²) in [5.41, 5.74) is 5.69. The van der Waals surface area contributed by atoms with Gasteiger partial charge in [0, 0.05) is 56.9 Å². The van der Waals surface area contributed by atoms with Crippen molar-refractivity contribution in [3.8, 4) is 11.5 Å². The number of hydrogen-bond donors (Lipinski definition) is 1. The van der Waals surface area contributed by atoms with Gasteiger partial charge in [-0.25, -0.2) is 0 Å². The second-order valence-corrected chi connectivity index (χ2v) is 18.3. The maximum absolute atomic E-state index is 13.9. The Morgan fingerprint density at radius 1 is 0.650 bits per heavy atom. The average Bonchev–Trinajstić information content (AvgIpc) is 3.92. The number of carbonyl (C=O) groups excluding carboxylic acids is 1. The molecule has 326 valence electrons. The summed E-state index contributed by atoms with van der Waals surface area (Å²) in [6.45, 7) is 12.9. The molecule has 0 unspecified atom stereocenters. The van der Waals surface area contributed by atoms with Gasteiger partial charge in [0.25, 0.3) is 5.91 Å². The van der Waals surface area contributed by atoms with Gasteiger partial charge in [-0.15, -0.1) is 0 Å². The van der Waals surface area contributed by atoms with Gasteiger partial charge in [-0.05, 0) is 119 Å². The van der Waals surface area contributed by atoms with Crippen molar-refractivity contribution in [3.05, 3.63) is 107 Å². The van der Waals surface area contributed by atoms with Gasteiger partial charge in [0.05, 0.1) is 14.2 Å². The predicted molar refractivity (Wildman–Crippen MR) is 251 cm³/mol. The molecule has 2 aliphatic carbocycles. The minimum atomic E-state index is 0.0429. The van der Waals surface area contributed by atoms with Gasteiger partial charge in [-0.3, -0.25) is 14.6 Å². The fraction of sp³-hybridized carbons (Fsp3) is 0.566. The second kappa shape index (κ2) is 24.5. The van der Waals surface area contributed by atoms with Crippen LogP contribution in [0.25, 0.3) is 12.2 Å². The molecule has 0 radical (unpaired) electrons. The lowest BCUT2D eigenvalue weighted by Gasteiger charge is -2.34. The monoisotopic (exact) mass is 817 g/mol. The van der Waals surface area contributed by atoms with E-state index >= 15 is 0 Å². The van der Waals surface area contributed by atoms with E-state index in [1.807, 2.05) is 35.2 Å². The van der Waals surface area contributed by atoms with Gasteiger partial charge in [-0.1, -0.05) is 122 Å². The molecule has 2 heterocycles. The van der Waals surface area contributed by atoms with E-state index in [1.165, 1.54) is 120 Å². The summed E-state index contributed by atoms with van der Waals surface area (Å²) in [5.74, 6) is 3.05. The lowest BCUT2D eigenvalue weighted by Crippen LogP contribution is -2.45. The van der Waals surface area contributed by atoms with Crippen LogP contribution >= 0.6 is 0 Å². The van der Waals surface area contributed by atoms with Gasteiger partial charge in [0.1, 0.15) is 0 Å². The summed E-state index contributed by atoms with van der Waals surface area (Å²) in [7, 11) is 3.22. The molecular weight excluding hydrogens is 741 g/mol. The largest absolute Gasteiger partial charge is 0.493 e. The summed E-state index contributed by atoms with van der Waals surface area (Å²) in [6.07, 6.45) is 23.8. The lowest BCUT2D eigenvalue weighted by atomic mass is 9.89. The molecule has 7 heteroatoms. The number of amides is 1. The summed E-state index contributed by atoms with van der Waals surface area (Å²) < 4.78 is 10.9. The molecule has 2 aliphatic heterocycles. The third kappa shape index (κ3) is 14.3. The zero-order chi connectivity index (χ0) is 41.9. The number of benzene rings is 3. The summed E-state index contributed by atoms with van der Waals surface area (Å²) in [6, 6.07) is 27.6. The average molecular weight is 817 g/mol. The highest BCUT2D eigenvalue weighted by atomic mass is 16.5. The Labute approximate surface area is 363 Å². The highest BCUT2D eigenvalue weighted by Gasteiger charge is 2.31. The lowest BCUT2D eigenvalue weighted by molar-refractivity contribution is 0.0709. The van der Waals surface area contributed by atoms with Gasteiger partial charge >= 0.3 is 0 Å². The molecule has 3 aromatic carbocycles. The number of rotatable bonds is 17. The maximum atomic E-state index is 13.9. The van der Waals surface area contributed by atoms with E-state index in [-0.39, 0.29) is 5.91 Å². The van der Waals surface area contributed by atoms with Crippen molar-refractivity contribution in [2.24, 2.45) is 11.8 Å². The Bertz CT molecular complexity index is 1770. The van der Waals surface area contributed by atoms with Crippen LogP contribution in [0.5, 0.6) is 11.5 Å². The number of ether oxygens (including phenoxy) is 2. The normalized spacial score (nSPS) is 21.1. The summed E-state index contributed by atoms with van der Waals surface area (Å²) in [4.78, 5) is 21.4. The first-order valence-electron chi connectivity index (χ1n) is 23.5. The minimum absolute atomic E-state index is 0.0429. The molecule has 4 aliphatic rings. The van der Waals surface area contributed by atoms with Crippen LogP contribution in [0, 0.1) is 11.8 Å². The fourth-order valence-corrected chi connectivity index (χ4v) is 10.2. The fourth-order valence-electron chi connectivity index (χ4n) is 10.2. The third-order valence-corrected chi connectivity index (χ3v) is 13.4. The standard InChI is InChI=1S/C31H42N2O3.C22H34N2/c1-24(19-25-11-6-4-7-12-25)21-33(31(34)27-16-17-29(35-2)30(20-27)36-3)23-28-15-10-18-32(28)22-26-13-8-5-9-14-26;1-19(15-20-9-4-2-5-10-20)16-23-17-22-13-8-14-24(22)18-21-11-6-3-7-12-21/h4,6-7,11-12,16-17,19-20,26,28H,5,8-10,13-15,18,21-23H2,1-3H3;2,4-5,9-10,15,21-23H,3,6-8,11-14,16-18H2,1H3/b24-19+;19-15+/t28-;22-/m00/s1. The van der Waals surface area contributed by atoms with Gasteiger partial charge in [-0.2, -0.15) is 0 Å². The molecule has 7 rings (SSSR count). The van der Waals surface area contributed by atoms with Gasteiger partial charge in [0.15, 0.2) is 11.5 Å². The van der Waals surface area contributed by atoms with Gasteiger partial charge in [0.2, 0.25) is 0 Å². The number of carbonyl (C=O) groups is 1. The van der Waals surface area contributed by atoms with Crippen molar-refractivity contribution in [3.63, 3.8) is 0 Å². The van der Waals surface area contributed by atoms with E-state index < -0.39 is 0 Å². The van der Waals surface area contributed by atoms with E-state index in [9.17, 15) is 4.79 Å². The molecule has 3 aromatic rings. The zero-order valence-corrected chi connectivity index (χ0v) is 37.6. The molecular formula is C53H76N4O3. The molecule has 0 spiro atoms. The Kier molecular flexibility index (Phi) is 18.6. The van der Waals surface area contributed by atoms with Crippen LogP contribution in [0.3, 0.4) is 0 Å². The summed E-state index contributed by atoms with van der Waals surface area (Å²) in [5, 5.41) is 3.70. The van der Waals surface area contributed by atoms with Crippen molar-refractivity contribution in [1.29, 1.82) is 0 Å². The Morgan fingerprint density at radius 3 is 1.75 bits per heavy atom. The highest BCUT2D eigenvalue weighted by molar-refractivity contribution is 5.95. The zero-order valence-electron chi connectivity index (χ0n) is 37.6. The molecule has 1 amide bonds. The Hall–Kier alpha value is -3.91. The molecule has 4 fully saturated rings. The Balaban J connectivity index is 0.000000218. The molecule has 60 heavy (non-hydrogen) atoms. The molecule has 0 bridgehead atoms. The van der Waals surface area contributed by atoms with E-state index in [1.54, 1.807) is 20.3 Å². The van der Waals surface area contributed by atoms with E-state index in [4.69, 9.17) is 9.47 Å². The third-order valence-electron chi connectivity index (χ3n) is 13.4. The van der Waals surface area contributed by atoms with E-state index in [0.29, 0.717) is 29.6 Å². The number of methoxy groups -OCH3 is 2. The van der Waals surface area contributed by atoms with E-state index in [0.717, 1.165) is 56.0 Å². The topological polar surface area (TPSA) is 57.3 Å². The molecule has 1 N–H and O–H groups in total. The number of likely N-dealkylation sites (tertiary alicyclic amines) is 2. The number of hydrogen-bond acceptors (Lipinski definition) is 6. The SMILES string of the molecule is C/C(=C\c1ccccc1)CNC[C@@H]1CCCN1CC1CCCCC1.COc1ccc(C(=O)N(C/C(C)=C/c2ccccc2)C[C@@H]2CCCN2CC2CCCCC2)cc1OC. The quantitative estimate of drug-likeness (QED) is 0.146. The van der Waals surface area contributed by atoms with Crippen molar-refractivity contribution < 1.29 is 14.3 Å². The van der Waals surface area contributed by atoms with Crippen LogP contribution in [0.1, 0.15) is 125 Å². The van der Waals surface area contributed by atoms with Crippen LogP contribution in [0.15, 0.2) is 90.0 Å². The van der Waals surface area contributed by atoms with Crippen molar-refractivity contribution in [2.45, 2.75) is 116 Å². The van der Waals surface area contributed by atoms with Crippen molar-refractivity contribution in [2.75, 3.05) is 66.6 Å². The second-order valence-electron chi connectivity index (χ2n) is 18.3. The first-order valence-corrected chi connectivity index (χ1v) is 23.5. The maximum Gasteiger partial charge on any atom is 0.254 e. The Morgan fingerprint density at radius 2 is 1.18 bits per heavy atom. The van der Waals surface area contributed by atoms with Crippen molar-refractivity contribution >= 4 is 18.1 Å². The first kappa shape index (κ1) is 45.6. The predicted octanol–water partition coefficient (Wildman–Crippen LogP) is 11.0. The summed E-state index contributed by atoms with van der Waals surface area (Å²) >= 11 is 0. The van der Waals surface area contributed by atoms with Crippen LogP contribution in [-0.4, -0.2) is 99.3 Å². The number of nitrogens with zero attached hydrogens (tertiary/aromatic N) is 3.